The second-order valence-corrected chi connectivity index (χ2v) is 4.68. The lowest BCUT2D eigenvalue weighted by atomic mass is 9.68. The predicted molar refractivity (Wildman–Crippen MR) is 56.6 cm³/mol. The zero-order valence-electron chi connectivity index (χ0n) is 9.29. The van der Waals surface area contributed by atoms with E-state index in [1.54, 1.807) is 6.92 Å². The summed E-state index contributed by atoms with van der Waals surface area (Å²) < 4.78 is 0. The molecule has 0 radical (unpaired) electrons. The predicted octanol–water partition coefficient (Wildman–Crippen LogP) is 2.87. The molecule has 0 aliphatic heterocycles. The molecule has 0 saturated heterocycles. The van der Waals surface area contributed by atoms with Gasteiger partial charge in [-0.05, 0) is 38.5 Å². The van der Waals surface area contributed by atoms with Crippen molar-refractivity contribution in [1.82, 2.24) is 0 Å². The van der Waals surface area contributed by atoms with Crippen LogP contribution >= 0.6 is 0 Å². The maximum Gasteiger partial charge on any atom is 0.0829 e. The average molecular weight is 195 g/mol. The highest BCUT2D eigenvalue weighted by Gasteiger charge is 2.39. The van der Waals surface area contributed by atoms with Crippen LogP contribution in [0.3, 0.4) is 0 Å². The minimum absolute atomic E-state index is 0.440. The first-order chi connectivity index (χ1) is 6.64. The van der Waals surface area contributed by atoms with Crippen molar-refractivity contribution in [2.75, 3.05) is 0 Å². The largest absolute Gasteiger partial charge is 0.392 e. The summed E-state index contributed by atoms with van der Waals surface area (Å²) in [5.41, 5.74) is -0.440. The van der Waals surface area contributed by atoms with Crippen molar-refractivity contribution in [2.24, 2.45) is 11.3 Å². The van der Waals surface area contributed by atoms with Gasteiger partial charge < -0.3 is 5.11 Å². The van der Waals surface area contributed by atoms with Gasteiger partial charge in [0.15, 0.2) is 0 Å². The molecule has 0 aromatic rings. The Morgan fingerprint density at radius 2 is 2.07 bits per heavy atom. The number of aliphatic hydroxyl groups is 1. The van der Waals surface area contributed by atoms with Crippen molar-refractivity contribution in [3.05, 3.63) is 0 Å². The average Bonchev–Trinajstić information content (AvgIpc) is 2.19. The van der Waals surface area contributed by atoms with Gasteiger partial charge in [0, 0.05) is 0 Å². The van der Waals surface area contributed by atoms with E-state index in [0.717, 1.165) is 31.6 Å². The van der Waals surface area contributed by atoms with E-state index in [2.05, 4.69) is 13.0 Å². The second kappa shape index (κ2) is 4.79. The lowest BCUT2D eigenvalue weighted by molar-refractivity contribution is 0.0383. The van der Waals surface area contributed by atoms with Gasteiger partial charge in [-0.1, -0.05) is 19.8 Å². The quantitative estimate of drug-likeness (QED) is 0.752. The molecule has 0 aromatic heterocycles. The van der Waals surface area contributed by atoms with Crippen LogP contribution in [0.5, 0.6) is 0 Å². The zero-order chi connectivity index (χ0) is 10.6. The number of rotatable bonds is 3. The van der Waals surface area contributed by atoms with E-state index >= 15 is 0 Å². The van der Waals surface area contributed by atoms with Crippen LogP contribution in [0.15, 0.2) is 0 Å². The summed E-state index contributed by atoms with van der Waals surface area (Å²) in [5.74, 6) is 0.792. The zero-order valence-corrected chi connectivity index (χ0v) is 9.29. The first-order valence-corrected chi connectivity index (χ1v) is 5.74. The highest BCUT2D eigenvalue weighted by molar-refractivity contribution is 5.04. The molecule has 1 saturated carbocycles. The van der Waals surface area contributed by atoms with Crippen LogP contribution in [0, 0.1) is 22.7 Å². The van der Waals surface area contributed by atoms with Crippen molar-refractivity contribution >= 4 is 0 Å². The maximum atomic E-state index is 9.62. The van der Waals surface area contributed by atoms with Gasteiger partial charge in [-0.15, -0.1) is 0 Å². The van der Waals surface area contributed by atoms with E-state index < -0.39 is 11.5 Å². The number of hydrogen-bond donors (Lipinski definition) is 1. The van der Waals surface area contributed by atoms with Crippen LogP contribution in [0.4, 0.5) is 0 Å². The van der Waals surface area contributed by atoms with Crippen LogP contribution in [0.2, 0.25) is 0 Å². The lowest BCUT2D eigenvalue weighted by Crippen LogP contribution is -2.35. The Morgan fingerprint density at radius 3 is 2.43 bits per heavy atom. The Labute approximate surface area is 86.9 Å². The molecule has 2 nitrogen and oxygen atoms in total. The van der Waals surface area contributed by atoms with Crippen LogP contribution in [-0.4, -0.2) is 11.2 Å². The molecule has 80 valence electrons. The molecule has 1 aliphatic rings. The number of aliphatic hydroxyl groups excluding tert-OH is 1. The summed E-state index contributed by atoms with van der Waals surface area (Å²) in [6, 6.07) is 2.33. The Hall–Kier alpha value is -0.550. The number of nitrogens with zero attached hydrogens (tertiary/aromatic N) is 1. The highest BCUT2D eigenvalue weighted by atomic mass is 16.3. The van der Waals surface area contributed by atoms with Gasteiger partial charge in [-0.2, -0.15) is 5.26 Å². The molecule has 1 fully saturated rings. The molecule has 1 N–H and O–H groups in total. The molecule has 0 bridgehead atoms. The van der Waals surface area contributed by atoms with Gasteiger partial charge in [0.25, 0.3) is 0 Å². The molecule has 1 rings (SSSR count). The van der Waals surface area contributed by atoms with E-state index in [1.807, 2.05) is 0 Å². The number of nitriles is 1. The van der Waals surface area contributed by atoms with Crippen molar-refractivity contribution in [2.45, 2.75) is 58.5 Å². The third-order valence-corrected chi connectivity index (χ3v) is 3.72. The van der Waals surface area contributed by atoms with E-state index in [9.17, 15) is 5.11 Å². The normalized spacial score (nSPS) is 34.9. The molecule has 0 heterocycles. The van der Waals surface area contributed by atoms with E-state index in [0.29, 0.717) is 0 Å². The Kier molecular flexibility index (Phi) is 3.95. The fourth-order valence-corrected chi connectivity index (χ4v) is 2.51. The topological polar surface area (TPSA) is 44.0 Å². The summed E-state index contributed by atoms with van der Waals surface area (Å²) in [6.07, 6.45) is 6.03. The number of hydrogen-bond acceptors (Lipinski definition) is 2. The van der Waals surface area contributed by atoms with E-state index in [4.69, 9.17) is 5.26 Å². The molecule has 0 spiro atoms. The Bertz CT molecular complexity index is 209. The van der Waals surface area contributed by atoms with Crippen molar-refractivity contribution < 1.29 is 5.11 Å². The summed E-state index contributed by atoms with van der Waals surface area (Å²) in [5, 5.41) is 18.7. The summed E-state index contributed by atoms with van der Waals surface area (Å²) in [6.45, 7) is 3.96. The third-order valence-electron chi connectivity index (χ3n) is 3.72. The summed E-state index contributed by atoms with van der Waals surface area (Å²) in [4.78, 5) is 0. The summed E-state index contributed by atoms with van der Waals surface area (Å²) in [7, 11) is 0. The van der Waals surface area contributed by atoms with Crippen LogP contribution in [0.1, 0.15) is 52.4 Å². The lowest BCUT2D eigenvalue weighted by Gasteiger charge is -2.36. The van der Waals surface area contributed by atoms with Crippen molar-refractivity contribution in [1.29, 1.82) is 5.26 Å². The van der Waals surface area contributed by atoms with Gasteiger partial charge >= 0.3 is 0 Å². The smallest absolute Gasteiger partial charge is 0.0829 e. The molecule has 1 atom stereocenters. The van der Waals surface area contributed by atoms with Gasteiger partial charge in [-0.25, -0.2) is 0 Å². The maximum absolute atomic E-state index is 9.62. The van der Waals surface area contributed by atoms with Gasteiger partial charge in [-0.3, -0.25) is 0 Å². The van der Waals surface area contributed by atoms with E-state index in [-0.39, 0.29) is 0 Å². The first kappa shape index (κ1) is 11.5. The minimum atomic E-state index is -0.477. The van der Waals surface area contributed by atoms with Gasteiger partial charge in [0.05, 0.1) is 17.6 Å². The molecular formula is C12H21NO. The SMILES string of the molecule is CCCC1CCC(C#N)(C(C)O)CC1. The molecule has 1 unspecified atom stereocenters. The van der Waals surface area contributed by atoms with E-state index in [1.165, 1.54) is 12.8 Å². The second-order valence-electron chi connectivity index (χ2n) is 4.68. The van der Waals surface area contributed by atoms with Crippen molar-refractivity contribution in [3.8, 4) is 6.07 Å². The molecule has 0 amide bonds. The molecular weight excluding hydrogens is 174 g/mol. The van der Waals surface area contributed by atoms with Crippen LogP contribution in [0.25, 0.3) is 0 Å². The Morgan fingerprint density at radius 1 is 1.50 bits per heavy atom. The monoisotopic (exact) mass is 195 g/mol. The van der Waals surface area contributed by atoms with Crippen molar-refractivity contribution in [3.63, 3.8) is 0 Å². The van der Waals surface area contributed by atoms with Crippen LogP contribution < -0.4 is 0 Å². The molecule has 2 heteroatoms. The first-order valence-electron chi connectivity index (χ1n) is 5.74. The third kappa shape index (κ3) is 2.27. The standard InChI is InChI=1S/C12H21NO/c1-3-4-11-5-7-12(9-13,8-6-11)10(2)14/h10-11,14H,3-8H2,1-2H3. The Balaban J connectivity index is 2.52. The van der Waals surface area contributed by atoms with Crippen LogP contribution in [-0.2, 0) is 0 Å². The fraction of sp³-hybridized carbons (Fsp3) is 0.917. The van der Waals surface area contributed by atoms with Gasteiger partial charge in [0.1, 0.15) is 0 Å². The fourth-order valence-electron chi connectivity index (χ4n) is 2.51. The minimum Gasteiger partial charge on any atom is -0.392 e. The summed E-state index contributed by atoms with van der Waals surface area (Å²) >= 11 is 0. The van der Waals surface area contributed by atoms with Gasteiger partial charge in [0.2, 0.25) is 0 Å². The molecule has 14 heavy (non-hydrogen) atoms. The highest BCUT2D eigenvalue weighted by Crippen LogP contribution is 2.42. The molecule has 1 aliphatic carbocycles. The molecule has 0 aromatic carbocycles.